The number of carbonyl (C=O) groups excluding carboxylic acids is 2. The van der Waals surface area contributed by atoms with Gasteiger partial charge in [0.25, 0.3) is 0 Å². The van der Waals surface area contributed by atoms with Crippen molar-refractivity contribution in [3.05, 3.63) is 12.7 Å². The molecular formula is C13H19NO5. The van der Waals surface area contributed by atoms with E-state index >= 15 is 0 Å². The zero-order valence-corrected chi connectivity index (χ0v) is 11.4. The van der Waals surface area contributed by atoms with Crippen LogP contribution in [0.4, 0.5) is 0 Å². The molecule has 106 valence electrons. The van der Waals surface area contributed by atoms with Crippen molar-refractivity contribution >= 4 is 11.9 Å². The van der Waals surface area contributed by atoms with Crippen LogP contribution in [0.5, 0.6) is 0 Å². The molecule has 0 radical (unpaired) electrons. The standard InChI is InChI=1S/C13H19NO5/c1-5-6-9-10(15)14-8(2)19-7-13(14,11(16)18-4)12(9,3)17/h5,8-9,17H,1,6-7H2,2-4H3/t8-,9-,12+,13+/m0/s1. The first-order chi connectivity index (χ1) is 8.84. The van der Waals surface area contributed by atoms with Gasteiger partial charge in [0.05, 0.1) is 19.6 Å². The van der Waals surface area contributed by atoms with Gasteiger partial charge in [-0.1, -0.05) is 6.08 Å². The Labute approximate surface area is 112 Å². The Balaban J connectivity index is 2.56. The van der Waals surface area contributed by atoms with Crippen LogP contribution in [0.25, 0.3) is 0 Å². The normalized spacial score (nSPS) is 41.3. The lowest BCUT2D eigenvalue weighted by Gasteiger charge is -2.37. The van der Waals surface area contributed by atoms with E-state index in [1.165, 1.54) is 18.9 Å². The molecule has 2 rings (SSSR count). The molecule has 0 saturated carbocycles. The van der Waals surface area contributed by atoms with Crippen LogP contribution in [0.3, 0.4) is 0 Å². The smallest absolute Gasteiger partial charge is 0.337 e. The van der Waals surface area contributed by atoms with Crippen molar-refractivity contribution in [2.75, 3.05) is 13.7 Å². The number of hydrogen-bond donors (Lipinski definition) is 1. The summed E-state index contributed by atoms with van der Waals surface area (Å²) in [6.07, 6.45) is 1.30. The number of hydrogen-bond acceptors (Lipinski definition) is 5. The minimum atomic E-state index is -1.56. The maximum atomic E-state index is 12.5. The minimum absolute atomic E-state index is 0.0623. The van der Waals surface area contributed by atoms with Crippen LogP contribution in [-0.4, -0.2) is 53.0 Å². The predicted octanol–water partition coefficient (Wildman–Crippen LogP) is 0.0599. The summed E-state index contributed by atoms with van der Waals surface area (Å²) in [6, 6.07) is 0. The number of nitrogens with zero attached hydrogens (tertiary/aromatic N) is 1. The molecule has 4 atom stereocenters. The van der Waals surface area contributed by atoms with E-state index in [1.54, 1.807) is 13.0 Å². The van der Waals surface area contributed by atoms with E-state index in [0.29, 0.717) is 6.42 Å². The zero-order valence-electron chi connectivity index (χ0n) is 11.4. The second kappa shape index (κ2) is 4.31. The summed E-state index contributed by atoms with van der Waals surface area (Å²) in [5, 5.41) is 10.8. The fourth-order valence-corrected chi connectivity index (χ4v) is 3.18. The van der Waals surface area contributed by atoms with Gasteiger partial charge in [-0.2, -0.15) is 0 Å². The molecule has 1 amide bonds. The molecule has 2 aliphatic rings. The monoisotopic (exact) mass is 269 g/mol. The molecule has 6 heteroatoms. The minimum Gasteiger partial charge on any atom is -0.467 e. The van der Waals surface area contributed by atoms with Gasteiger partial charge in [0.15, 0.2) is 5.54 Å². The van der Waals surface area contributed by atoms with Crippen molar-refractivity contribution < 1.29 is 24.2 Å². The molecule has 2 fully saturated rings. The average molecular weight is 269 g/mol. The van der Waals surface area contributed by atoms with E-state index in [0.717, 1.165) is 0 Å². The number of fused-ring (bicyclic) bond motifs is 1. The molecule has 2 saturated heterocycles. The second-order valence-electron chi connectivity index (χ2n) is 5.19. The van der Waals surface area contributed by atoms with Gasteiger partial charge in [-0.15, -0.1) is 6.58 Å². The molecule has 0 spiro atoms. The lowest BCUT2D eigenvalue weighted by Crippen LogP contribution is -2.63. The van der Waals surface area contributed by atoms with Crippen molar-refractivity contribution in [2.45, 2.75) is 37.6 Å². The number of amides is 1. The molecule has 19 heavy (non-hydrogen) atoms. The Kier molecular flexibility index (Phi) is 3.18. The van der Waals surface area contributed by atoms with Crippen LogP contribution < -0.4 is 0 Å². The number of methoxy groups -OCH3 is 1. The van der Waals surface area contributed by atoms with Crippen molar-refractivity contribution in [1.82, 2.24) is 4.90 Å². The van der Waals surface area contributed by atoms with Gasteiger partial charge >= 0.3 is 5.97 Å². The molecule has 0 unspecified atom stereocenters. The Morgan fingerprint density at radius 3 is 2.89 bits per heavy atom. The third-order valence-electron chi connectivity index (χ3n) is 4.29. The van der Waals surface area contributed by atoms with Gasteiger partial charge in [-0.25, -0.2) is 4.79 Å². The van der Waals surface area contributed by atoms with E-state index < -0.39 is 29.3 Å². The molecule has 0 aromatic rings. The van der Waals surface area contributed by atoms with Crippen molar-refractivity contribution in [1.29, 1.82) is 0 Å². The largest absolute Gasteiger partial charge is 0.467 e. The predicted molar refractivity (Wildman–Crippen MR) is 65.9 cm³/mol. The van der Waals surface area contributed by atoms with Crippen LogP contribution in [0, 0.1) is 5.92 Å². The van der Waals surface area contributed by atoms with Crippen LogP contribution in [0.2, 0.25) is 0 Å². The second-order valence-corrected chi connectivity index (χ2v) is 5.19. The molecular weight excluding hydrogens is 250 g/mol. The average Bonchev–Trinajstić information content (AvgIpc) is 2.79. The van der Waals surface area contributed by atoms with Gasteiger partial charge in [0.2, 0.25) is 5.91 Å². The van der Waals surface area contributed by atoms with Crippen LogP contribution in [0.15, 0.2) is 12.7 Å². The first-order valence-electron chi connectivity index (χ1n) is 6.21. The lowest BCUT2D eigenvalue weighted by molar-refractivity contribution is -0.166. The van der Waals surface area contributed by atoms with E-state index in [-0.39, 0.29) is 12.5 Å². The first kappa shape index (κ1) is 14.0. The van der Waals surface area contributed by atoms with E-state index in [1.807, 2.05) is 0 Å². The van der Waals surface area contributed by atoms with Crippen molar-refractivity contribution in [3.63, 3.8) is 0 Å². The molecule has 0 bridgehead atoms. The summed E-state index contributed by atoms with van der Waals surface area (Å²) < 4.78 is 10.2. The number of allylic oxidation sites excluding steroid dienone is 1. The highest BCUT2D eigenvalue weighted by Gasteiger charge is 2.73. The van der Waals surface area contributed by atoms with E-state index in [4.69, 9.17) is 9.47 Å². The maximum absolute atomic E-state index is 12.5. The highest BCUT2D eigenvalue weighted by Crippen LogP contribution is 2.49. The first-order valence-corrected chi connectivity index (χ1v) is 6.21. The molecule has 1 N–H and O–H groups in total. The third-order valence-corrected chi connectivity index (χ3v) is 4.29. The van der Waals surface area contributed by atoms with Crippen molar-refractivity contribution in [3.8, 4) is 0 Å². The highest BCUT2D eigenvalue weighted by molar-refractivity contribution is 5.96. The van der Waals surface area contributed by atoms with Gasteiger partial charge in [-0.3, -0.25) is 9.69 Å². The SMILES string of the molecule is C=CC[C@H]1C(=O)N2[C@H](C)OC[C@@]2(C(=O)OC)[C@]1(C)O. The Hall–Kier alpha value is -1.40. The summed E-state index contributed by atoms with van der Waals surface area (Å²) in [4.78, 5) is 26.0. The fraction of sp³-hybridized carbons (Fsp3) is 0.692. The number of aliphatic hydroxyl groups is 1. The third kappa shape index (κ3) is 1.50. The maximum Gasteiger partial charge on any atom is 0.337 e. The van der Waals surface area contributed by atoms with Gasteiger partial charge in [-0.05, 0) is 20.3 Å². The highest BCUT2D eigenvalue weighted by atomic mass is 16.6. The van der Waals surface area contributed by atoms with Gasteiger partial charge in [0.1, 0.15) is 11.8 Å². The summed E-state index contributed by atoms with van der Waals surface area (Å²) >= 11 is 0. The van der Waals surface area contributed by atoms with E-state index in [9.17, 15) is 14.7 Å². The quantitative estimate of drug-likeness (QED) is 0.579. The van der Waals surface area contributed by atoms with Crippen LogP contribution in [0.1, 0.15) is 20.3 Å². The zero-order chi connectivity index (χ0) is 14.4. The molecule has 2 aliphatic heterocycles. The molecule has 6 nitrogen and oxygen atoms in total. The van der Waals surface area contributed by atoms with E-state index in [2.05, 4.69) is 6.58 Å². The molecule has 0 aromatic heterocycles. The van der Waals surface area contributed by atoms with Gasteiger partial charge in [0, 0.05) is 0 Å². The summed E-state index contributed by atoms with van der Waals surface area (Å²) in [7, 11) is 1.24. The summed E-state index contributed by atoms with van der Waals surface area (Å²) in [5.74, 6) is -1.67. The Morgan fingerprint density at radius 1 is 1.74 bits per heavy atom. The number of carbonyl (C=O) groups is 2. The Bertz CT molecular complexity index is 433. The van der Waals surface area contributed by atoms with Gasteiger partial charge < -0.3 is 14.6 Å². The number of ether oxygens (including phenoxy) is 2. The van der Waals surface area contributed by atoms with Crippen LogP contribution in [-0.2, 0) is 19.1 Å². The van der Waals surface area contributed by atoms with Crippen molar-refractivity contribution in [2.24, 2.45) is 5.92 Å². The molecule has 0 aromatic carbocycles. The summed E-state index contributed by atoms with van der Waals surface area (Å²) in [6.45, 7) is 6.69. The number of rotatable bonds is 3. The van der Waals surface area contributed by atoms with Crippen LogP contribution >= 0.6 is 0 Å². The number of esters is 1. The lowest BCUT2D eigenvalue weighted by atomic mass is 9.75. The molecule has 0 aliphatic carbocycles. The summed E-state index contributed by atoms with van der Waals surface area (Å²) in [5.41, 5.74) is -3.03. The Morgan fingerprint density at radius 2 is 2.37 bits per heavy atom. The topological polar surface area (TPSA) is 76.1 Å². The fourth-order valence-electron chi connectivity index (χ4n) is 3.18. The molecule has 2 heterocycles.